The second-order valence-electron chi connectivity index (χ2n) is 7.95. The zero-order valence-corrected chi connectivity index (χ0v) is 19.9. The van der Waals surface area contributed by atoms with E-state index >= 15 is 0 Å². The van der Waals surface area contributed by atoms with Gasteiger partial charge >= 0.3 is 0 Å². The zero-order chi connectivity index (χ0) is 24.1. The van der Waals surface area contributed by atoms with Crippen molar-refractivity contribution in [2.75, 3.05) is 7.11 Å². The van der Waals surface area contributed by atoms with Gasteiger partial charge in [-0.05, 0) is 64.3 Å². The molecule has 0 heterocycles. The Morgan fingerprint density at radius 2 is 1.91 bits per heavy atom. The summed E-state index contributed by atoms with van der Waals surface area (Å²) in [4.78, 5) is 24.9. The highest BCUT2D eigenvalue weighted by Gasteiger charge is 2.35. The van der Waals surface area contributed by atoms with Crippen LogP contribution in [0.3, 0.4) is 0 Å². The SMILES string of the molecule is COc1ccc(C[C@H](NC(=O)C2=C[C@H](Oc3ccc(C)cc3Br)[C@H](O)[C@H](O)C2)C(N)=O)cc1. The molecule has 0 saturated heterocycles. The van der Waals surface area contributed by atoms with Crippen LogP contribution in [0.4, 0.5) is 0 Å². The maximum Gasteiger partial charge on any atom is 0.247 e. The van der Waals surface area contributed by atoms with Gasteiger partial charge < -0.3 is 30.7 Å². The van der Waals surface area contributed by atoms with Crippen molar-refractivity contribution in [3.63, 3.8) is 0 Å². The van der Waals surface area contributed by atoms with Crippen LogP contribution in [0.1, 0.15) is 17.5 Å². The normalized spacial score (nSPS) is 21.0. The van der Waals surface area contributed by atoms with Crippen LogP contribution < -0.4 is 20.5 Å². The molecule has 0 bridgehead atoms. The average molecular weight is 519 g/mol. The lowest BCUT2D eigenvalue weighted by Crippen LogP contribution is -2.49. The first kappa shape index (κ1) is 24.8. The first-order valence-electron chi connectivity index (χ1n) is 10.4. The molecule has 0 unspecified atom stereocenters. The molecule has 4 atom stereocenters. The van der Waals surface area contributed by atoms with E-state index in [2.05, 4.69) is 21.2 Å². The van der Waals surface area contributed by atoms with Gasteiger partial charge in [0.1, 0.15) is 29.7 Å². The highest BCUT2D eigenvalue weighted by atomic mass is 79.9. The molecule has 0 aromatic heterocycles. The Morgan fingerprint density at radius 3 is 2.52 bits per heavy atom. The van der Waals surface area contributed by atoms with Crippen LogP contribution in [0.15, 0.2) is 58.6 Å². The number of ether oxygens (including phenoxy) is 2. The molecule has 0 spiro atoms. The summed E-state index contributed by atoms with van der Waals surface area (Å²) in [6, 6.07) is 11.5. The third-order valence-corrected chi connectivity index (χ3v) is 6.03. The van der Waals surface area contributed by atoms with E-state index < -0.39 is 36.2 Å². The number of nitrogens with two attached hydrogens (primary N) is 1. The molecule has 2 aromatic carbocycles. The largest absolute Gasteiger partial charge is 0.497 e. The fourth-order valence-corrected chi connectivity index (χ4v) is 4.11. The van der Waals surface area contributed by atoms with Crippen LogP contribution in [0.2, 0.25) is 0 Å². The van der Waals surface area contributed by atoms with Crippen molar-refractivity contribution >= 4 is 27.7 Å². The van der Waals surface area contributed by atoms with Crippen LogP contribution in [-0.4, -0.2) is 53.5 Å². The standard InChI is InChI=1S/C24H27BrN2O6/c1-13-3-8-20(17(25)9-13)33-21-12-15(11-19(28)22(21)29)24(31)27-18(23(26)30)10-14-4-6-16(32-2)7-5-14/h3-9,12,18-19,21-22,28-29H,10-11H2,1-2H3,(H2,26,30)(H,27,31)/t18-,19+,21-,22+/m0/s1. The molecule has 0 saturated carbocycles. The number of carbonyl (C=O) groups is 2. The van der Waals surface area contributed by atoms with Gasteiger partial charge in [-0.2, -0.15) is 0 Å². The fraction of sp³-hybridized carbons (Fsp3) is 0.333. The van der Waals surface area contributed by atoms with Crippen molar-refractivity contribution in [1.29, 1.82) is 0 Å². The van der Waals surface area contributed by atoms with Gasteiger partial charge in [-0.1, -0.05) is 18.2 Å². The average Bonchev–Trinajstić information content (AvgIpc) is 2.78. The summed E-state index contributed by atoms with van der Waals surface area (Å²) >= 11 is 3.41. The summed E-state index contributed by atoms with van der Waals surface area (Å²) < 4.78 is 11.7. The molecule has 9 heteroatoms. The number of aliphatic hydroxyl groups is 2. The topological polar surface area (TPSA) is 131 Å². The zero-order valence-electron chi connectivity index (χ0n) is 18.3. The smallest absolute Gasteiger partial charge is 0.247 e. The Hall–Kier alpha value is -2.88. The third kappa shape index (κ3) is 6.34. The van der Waals surface area contributed by atoms with Gasteiger partial charge in [0.15, 0.2) is 0 Å². The summed E-state index contributed by atoms with van der Waals surface area (Å²) in [5.74, 6) is -0.115. The monoisotopic (exact) mass is 518 g/mol. The summed E-state index contributed by atoms with van der Waals surface area (Å²) in [6.07, 6.45) is -1.82. The van der Waals surface area contributed by atoms with Crippen molar-refractivity contribution < 1.29 is 29.3 Å². The number of benzene rings is 2. The minimum atomic E-state index is -1.22. The Kier molecular flexibility index (Phi) is 8.12. The van der Waals surface area contributed by atoms with Gasteiger partial charge in [-0.15, -0.1) is 0 Å². The minimum absolute atomic E-state index is 0.0874. The van der Waals surface area contributed by atoms with Gasteiger partial charge in [0.05, 0.1) is 17.7 Å². The number of hydrogen-bond acceptors (Lipinski definition) is 6. The number of methoxy groups -OCH3 is 1. The number of carbonyl (C=O) groups excluding carboxylic acids is 2. The molecule has 176 valence electrons. The molecule has 1 aliphatic carbocycles. The van der Waals surface area contributed by atoms with Gasteiger partial charge in [-0.3, -0.25) is 9.59 Å². The molecule has 0 radical (unpaired) electrons. The predicted molar refractivity (Wildman–Crippen MR) is 126 cm³/mol. The van der Waals surface area contributed by atoms with Crippen molar-refractivity contribution in [3.8, 4) is 11.5 Å². The first-order chi connectivity index (χ1) is 15.7. The summed E-state index contributed by atoms with van der Waals surface area (Å²) in [6.45, 7) is 1.93. The van der Waals surface area contributed by atoms with Crippen LogP contribution in [0.5, 0.6) is 11.5 Å². The van der Waals surface area contributed by atoms with Gasteiger partial charge in [0, 0.05) is 18.4 Å². The lowest BCUT2D eigenvalue weighted by Gasteiger charge is -2.31. The summed E-state index contributed by atoms with van der Waals surface area (Å²) in [7, 11) is 1.55. The van der Waals surface area contributed by atoms with Crippen molar-refractivity contribution in [3.05, 3.63) is 69.7 Å². The van der Waals surface area contributed by atoms with Crippen LogP contribution >= 0.6 is 15.9 Å². The number of primary amides is 1. The van der Waals surface area contributed by atoms with Gasteiger partial charge in [0.2, 0.25) is 11.8 Å². The Labute approximate surface area is 200 Å². The van der Waals surface area contributed by atoms with Crippen LogP contribution in [0, 0.1) is 6.92 Å². The van der Waals surface area contributed by atoms with E-state index in [4.69, 9.17) is 15.2 Å². The Bertz CT molecular complexity index is 1040. The molecule has 1 aliphatic rings. The number of aliphatic hydroxyl groups excluding tert-OH is 2. The first-order valence-corrected chi connectivity index (χ1v) is 11.2. The highest BCUT2D eigenvalue weighted by Crippen LogP contribution is 2.30. The van der Waals surface area contributed by atoms with Crippen LogP contribution in [-0.2, 0) is 16.0 Å². The van der Waals surface area contributed by atoms with E-state index in [0.29, 0.717) is 16.0 Å². The predicted octanol–water partition coefficient (Wildman–Crippen LogP) is 1.78. The van der Waals surface area contributed by atoms with E-state index in [1.807, 2.05) is 19.1 Å². The quantitative estimate of drug-likeness (QED) is 0.421. The van der Waals surface area contributed by atoms with Crippen molar-refractivity contribution in [2.45, 2.75) is 44.1 Å². The van der Waals surface area contributed by atoms with Crippen LogP contribution in [0.25, 0.3) is 0 Å². The number of hydrogen-bond donors (Lipinski definition) is 4. The molecule has 33 heavy (non-hydrogen) atoms. The van der Waals surface area contributed by atoms with Gasteiger partial charge in [0.25, 0.3) is 0 Å². The van der Waals surface area contributed by atoms with E-state index in [0.717, 1.165) is 11.1 Å². The molecule has 2 aromatic rings. The maximum atomic E-state index is 12.9. The second kappa shape index (κ2) is 10.8. The number of halogens is 1. The molecule has 3 rings (SSSR count). The fourth-order valence-electron chi connectivity index (χ4n) is 3.52. The van der Waals surface area contributed by atoms with E-state index in [1.165, 1.54) is 6.08 Å². The Morgan fingerprint density at radius 1 is 1.21 bits per heavy atom. The minimum Gasteiger partial charge on any atom is -0.497 e. The number of nitrogens with one attached hydrogen (secondary N) is 1. The molecule has 8 nitrogen and oxygen atoms in total. The highest BCUT2D eigenvalue weighted by molar-refractivity contribution is 9.10. The second-order valence-corrected chi connectivity index (χ2v) is 8.81. The van der Waals surface area contributed by atoms with Crippen molar-refractivity contribution in [1.82, 2.24) is 5.32 Å². The molecule has 5 N–H and O–H groups in total. The summed E-state index contributed by atoms with van der Waals surface area (Å²) in [5.41, 5.74) is 7.51. The molecular formula is C24H27BrN2O6. The molecule has 2 amide bonds. The lowest BCUT2D eigenvalue weighted by molar-refractivity contribution is -0.126. The van der Waals surface area contributed by atoms with Crippen molar-refractivity contribution in [2.24, 2.45) is 5.73 Å². The van der Waals surface area contributed by atoms with E-state index in [9.17, 15) is 19.8 Å². The van der Waals surface area contributed by atoms with Gasteiger partial charge in [-0.25, -0.2) is 0 Å². The van der Waals surface area contributed by atoms with E-state index in [1.54, 1.807) is 37.4 Å². The maximum absolute atomic E-state index is 12.9. The van der Waals surface area contributed by atoms with E-state index in [-0.39, 0.29) is 18.4 Å². The third-order valence-electron chi connectivity index (χ3n) is 5.42. The molecule has 0 fully saturated rings. The lowest BCUT2D eigenvalue weighted by atomic mass is 9.91. The Balaban J connectivity index is 1.75. The number of rotatable bonds is 8. The number of amides is 2. The number of aryl methyl sites for hydroxylation is 1. The molecular weight excluding hydrogens is 492 g/mol. The molecule has 0 aliphatic heterocycles. The summed E-state index contributed by atoms with van der Waals surface area (Å²) in [5, 5.41) is 23.4.